The Bertz CT molecular complexity index is 301. The van der Waals surface area contributed by atoms with Crippen LogP contribution in [0.5, 0.6) is 0 Å². The van der Waals surface area contributed by atoms with E-state index >= 15 is 0 Å². The second-order valence-electron chi connectivity index (χ2n) is 3.13. The van der Waals surface area contributed by atoms with Crippen LogP contribution in [0.1, 0.15) is 26.2 Å². The summed E-state index contributed by atoms with van der Waals surface area (Å²) < 4.78 is 2.16. The van der Waals surface area contributed by atoms with E-state index in [0.29, 0.717) is 0 Å². The molecule has 1 aromatic heterocycles. The summed E-state index contributed by atoms with van der Waals surface area (Å²) in [6.45, 7) is 2.21. The first kappa shape index (κ1) is 8.88. The van der Waals surface area contributed by atoms with Crippen molar-refractivity contribution in [3.05, 3.63) is 23.6 Å². The largest absolute Gasteiger partial charge is 0.309 e. The SMILES string of the molecule is CCSC1=C(n2ccnc2)CCC1. The maximum Gasteiger partial charge on any atom is 0.0989 e. The van der Waals surface area contributed by atoms with E-state index in [0.717, 1.165) is 0 Å². The highest BCUT2D eigenvalue weighted by molar-refractivity contribution is 8.03. The Morgan fingerprint density at radius 1 is 1.54 bits per heavy atom. The fourth-order valence-electron chi connectivity index (χ4n) is 1.72. The van der Waals surface area contributed by atoms with Crippen LogP contribution in [0, 0.1) is 0 Å². The van der Waals surface area contributed by atoms with Crippen LogP contribution in [0.4, 0.5) is 0 Å². The van der Waals surface area contributed by atoms with E-state index < -0.39 is 0 Å². The molecule has 2 rings (SSSR count). The third kappa shape index (κ3) is 1.80. The molecule has 1 aromatic rings. The Hall–Kier alpha value is -0.700. The minimum absolute atomic E-state index is 1.17. The Kier molecular flexibility index (Phi) is 2.74. The molecule has 0 spiro atoms. The molecule has 0 bridgehead atoms. The van der Waals surface area contributed by atoms with E-state index in [9.17, 15) is 0 Å². The van der Waals surface area contributed by atoms with Gasteiger partial charge in [-0.05, 0) is 25.0 Å². The monoisotopic (exact) mass is 194 g/mol. The Morgan fingerprint density at radius 3 is 3.15 bits per heavy atom. The molecule has 70 valence electrons. The molecule has 0 atom stereocenters. The summed E-state index contributed by atoms with van der Waals surface area (Å²) >= 11 is 1.98. The molecule has 0 unspecified atom stereocenters. The van der Waals surface area contributed by atoms with Crippen molar-refractivity contribution in [2.75, 3.05) is 5.75 Å². The topological polar surface area (TPSA) is 17.8 Å². The molecule has 0 amide bonds. The van der Waals surface area contributed by atoms with Crippen LogP contribution < -0.4 is 0 Å². The van der Waals surface area contributed by atoms with E-state index in [4.69, 9.17) is 0 Å². The summed E-state index contributed by atoms with van der Waals surface area (Å²) in [7, 11) is 0. The summed E-state index contributed by atoms with van der Waals surface area (Å²) in [5.74, 6) is 1.17. The highest BCUT2D eigenvalue weighted by Gasteiger charge is 2.15. The molecule has 3 heteroatoms. The van der Waals surface area contributed by atoms with Crippen molar-refractivity contribution in [1.82, 2.24) is 9.55 Å². The average Bonchev–Trinajstić information content (AvgIpc) is 2.71. The number of thioether (sulfide) groups is 1. The maximum atomic E-state index is 4.08. The summed E-state index contributed by atoms with van der Waals surface area (Å²) in [5.41, 5.74) is 1.46. The van der Waals surface area contributed by atoms with Crippen molar-refractivity contribution in [3.63, 3.8) is 0 Å². The predicted molar refractivity (Wildman–Crippen MR) is 57.4 cm³/mol. The highest BCUT2D eigenvalue weighted by atomic mass is 32.2. The second kappa shape index (κ2) is 4.01. The first-order valence-electron chi connectivity index (χ1n) is 4.75. The molecule has 0 saturated carbocycles. The molecule has 0 fully saturated rings. The number of nitrogens with zero attached hydrogens (tertiary/aromatic N) is 2. The molecule has 2 nitrogen and oxygen atoms in total. The van der Waals surface area contributed by atoms with Crippen molar-refractivity contribution in [3.8, 4) is 0 Å². The van der Waals surface area contributed by atoms with Gasteiger partial charge in [-0.2, -0.15) is 0 Å². The van der Waals surface area contributed by atoms with Crippen LogP contribution in [0.25, 0.3) is 5.70 Å². The fourth-order valence-corrected chi connectivity index (χ4v) is 2.73. The number of imidazole rings is 1. The van der Waals surface area contributed by atoms with Crippen LogP contribution in [-0.4, -0.2) is 15.3 Å². The van der Waals surface area contributed by atoms with Gasteiger partial charge in [0.05, 0.1) is 6.33 Å². The lowest BCUT2D eigenvalue weighted by Gasteiger charge is -2.06. The number of allylic oxidation sites excluding steroid dienone is 2. The van der Waals surface area contributed by atoms with E-state index in [1.165, 1.54) is 30.7 Å². The number of aromatic nitrogens is 2. The predicted octanol–water partition coefficient (Wildman–Crippen LogP) is 2.99. The van der Waals surface area contributed by atoms with Crippen LogP contribution in [0.15, 0.2) is 23.6 Å². The Balaban J connectivity index is 2.25. The average molecular weight is 194 g/mol. The lowest BCUT2D eigenvalue weighted by atomic mass is 10.3. The standard InChI is InChI=1S/C10H14N2S/c1-2-13-10-5-3-4-9(10)12-7-6-11-8-12/h6-8H,2-5H2,1H3. The van der Waals surface area contributed by atoms with Crippen molar-refractivity contribution in [2.24, 2.45) is 0 Å². The minimum Gasteiger partial charge on any atom is -0.309 e. The molecule has 0 saturated heterocycles. The zero-order valence-corrected chi connectivity index (χ0v) is 8.68. The molecule has 1 aliphatic carbocycles. The molecule has 0 N–H and O–H groups in total. The minimum atomic E-state index is 1.17. The molecule has 0 aliphatic heterocycles. The van der Waals surface area contributed by atoms with Crippen LogP contribution in [0.3, 0.4) is 0 Å². The summed E-state index contributed by atoms with van der Waals surface area (Å²) in [4.78, 5) is 5.64. The van der Waals surface area contributed by atoms with Gasteiger partial charge in [0.15, 0.2) is 0 Å². The zero-order valence-electron chi connectivity index (χ0n) is 7.86. The molecular weight excluding hydrogens is 180 g/mol. The van der Waals surface area contributed by atoms with Gasteiger partial charge in [-0.3, -0.25) is 0 Å². The maximum absolute atomic E-state index is 4.08. The summed E-state index contributed by atoms with van der Waals surface area (Å²) in [6, 6.07) is 0. The van der Waals surface area contributed by atoms with Crippen LogP contribution in [0.2, 0.25) is 0 Å². The third-order valence-electron chi connectivity index (χ3n) is 2.27. The Morgan fingerprint density at radius 2 is 2.46 bits per heavy atom. The number of hydrogen-bond donors (Lipinski definition) is 0. The summed E-state index contributed by atoms with van der Waals surface area (Å²) in [6.07, 6.45) is 9.55. The van der Waals surface area contributed by atoms with Gasteiger partial charge >= 0.3 is 0 Å². The molecule has 0 radical (unpaired) electrons. The Labute approximate surface area is 83.1 Å². The molecular formula is C10H14N2S. The van der Waals surface area contributed by atoms with Crippen LogP contribution >= 0.6 is 11.8 Å². The highest BCUT2D eigenvalue weighted by Crippen LogP contribution is 2.36. The number of rotatable bonds is 3. The van der Waals surface area contributed by atoms with Crippen molar-refractivity contribution >= 4 is 17.5 Å². The van der Waals surface area contributed by atoms with Gasteiger partial charge in [0, 0.05) is 23.0 Å². The van der Waals surface area contributed by atoms with Gasteiger partial charge in [-0.1, -0.05) is 6.92 Å². The molecule has 0 aromatic carbocycles. The first-order valence-corrected chi connectivity index (χ1v) is 5.73. The second-order valence-corrected chi connectivity index (χ2v) is 4.49. The van der Waals surface area contributed by atoms with Gasteiger partial charge < -0.3 is 4.57 Å². The van der Waals surface area contributed by atoms with E-state index in [-0.39, 0.29) is 0 Å². The first-order chi connectivity index (χ1) is 6.42. The van der Waals surface area contributed by atoms with Crippen molar-refractivity contribution < 1.29 is 0 Å². The fraction of sp³-hybridized carbons (Fsp3) is 0.500. The van der Waals surface area contributed by atoms with Crippen LogP contribution in [-0.2, 0) is 0 Å². The van der Waals surface area contributed by atoms with E-state index in [1.807, 2.05) is 30.5 Å². The smallest absolute Gasteiger partial charge is 0.0989 e. The van der Waals surface area contributed by atoms with E-state index in [1.54, 1.807) is 4.91 Å². The normalized spacial score (nSPS) is 17.0. The van der Waals surface area contributed by atoms with Gasteiger partial charge in [-0.15, -0.1) is 11.8 Å². The van der Waals surface area contributed by atoms with Gasteiger partial charge in [0.2, 0.25) is 0 Å². The third-order valence-corrected chi connectivity index (χ3v) is 3.35. The van der Waals surface area contributed by atoms with Crippen molar-refractivity contribution in [1.29, 1.82) is 0 Å². The quantitative estimate of drug-likeness (QED) is 0.736. The van der Waals surface area contributed by atoms with Crippen molar-refractivity contribution in [2.45, 2.75) is 26.2 Å². The summed E-state index contributed by atoms with van der Waals surface area (Å²) in [5, 5.41) is 0. The number of hydrogen-bond acceptors (Lipinski definition) is 2. The lowest BCUT2D eigenvalue weighted by Crippen LogP contribution is -1.91. The van der Waals surface area contributed by atoms with Gasteiger partial charge in [0.1, 0.15) is 0 Å². The zero-order chi connectivity index (χ0) is 9.10. The van der Waals surface area contributed by atoms with Gasteiger partial charge in [-0.25, -0.2) is 4.98 Å². The lowest BCUT2D eigenvalue weighted by molar-refractivity contribution is 0.901. The molecule has 13 heavy (non-hydrogen) atoms. The molecule has 1 aliphatic rings. The molecule has 1 heterocycles. The van der Waals surface area contributed by atoms with Gasteiger partial charge in [0.25, 0.3) is 0 Å². The van der Waals surface area contributed by atoms with E-state index in [2.05, 4.69) is 16.5 Å².